The molecule has 1 unspecified atom stereocenters. The average molecular weight is 502 g/mol. The predicted octanol–water partition coefficient (Wildman–Crippen LogP) is 4.82. The third-order valence-corrected chi connectivity index (χ3v) is 6.84. The second kappa shape index (κ2) is 11.2. The first-order valence-corrected chi connectivity index (χ1v) is 12.4. The molecule has 1 aliphatic heterocycles. The molecule has 0 radical (unpaired) electrons. The number of rotatable bonds is 8. The second-order valence-electron chi connectivity index (χ2n) is 8.83. The highest BCUT2D eigenvalue weighted by molar-refractivity contribution is 7.14. The van der Waals surface area contributed by atoms with Gasteiger partial charge in [-0.25, -0.2) is 13.8 Å². The monoisotopic (exact) mass is 501 g/mol. The smallest absolute Gasteiger partial charge is 0.251 e. The van der Waals surface area contributed by atoms with Crippen molar-refractivity contribution in [3.63, 3.8) is 0 Å². The van der Waals surface area contributed by atoms with Gasteiger partial charge in [-0.2, -0.15) is 10.2 Å². The number of likely N-dealkylation sites (tertiary alicyclic amines) is 1. The number of hydrogen-bond acceptors (Lipinski definition) is 7. The molecule has 3 aromatic rings. The number of thiazole rings is 1. The highest BCUT2D eigenvalue weighted by Gasteiger charge is 2.23. The lowest BCUT2D eigenvalue weighted by Gasteiger charge is -2.32. The maximum atomic E-state index is 13.2. The number of carbonyl (C=O) groups is 1. The fourth-order valence-electron chi connectivity index (χ4n) is 4.00. The molecule has 0 aliphatic carbocycles. The van der Waals surface area contributed by atoms with Crippen LogP contribution >= 0.6 is 11.3 Å². The molecule has 1 aromatic carbocycles. The molecule has 0 bridgehead atoms. The zero-order valence-corrected chi connectivity index (χ0v) is 20.8. The summed E-state index contributed by atoms with van der Waals surface area (Å²) in [5.74, 6) is 0.308. The highest BCUT2D eigenvalue weighted by Crippen LogP contribution is 2.31. The summed E-state index contributed by atoms with van der Waals surface area (Å²) >= 11 is 1.54. The van der Waals surface area contributed by atoms with Crippen LogP contribution in [0.3, 0.4) is 0 Å². The Labute approximate surface area is 207 Å². The Bertz CT molecular complexity index is 1150. The molecular formula is C25H29F2N5O2S. The quantitative estimate of drug-likeness (QED) is 0.477. The first-order valence-electron chi connectivity index (χ1n) is 11.6. The van der Waals surface area contributed by atoms with Crippen molar-refractivity contribution in [1.82, 2.24) is 25.4 Å². The fraction of sp³-hybridized carbons (Fsp3) is 0.440. The van der Waals surface area contributed by atoms with Crippen molar-refractivity contribution >= 4 is 17.2 Å². The van der Waals surface area contributed by atoms with E-state index >= 15 is 0 Å². The lowest BCUT2D eigenvalue weighted by atomic mass is 10.1. The number of aryl methyl sites for hydroxylation is 2. The van der Waals surface area contributed by atoms with Crippen molar-refractivity contribution in [3.05, 3.63) is 58.4 Å². The second-order valence-corrected chi connectivity index (χ2v) is 10.1. The SMILES string of the molecule is Cc1ccc(C(C)NC(=O)c2cc(OC3CCN(CC(F)F)CC3)cc(-c3ncc(C)s3)c2)nn1. The van der Waals surface area contributed by atoms with Crippen LogP contribution in [0.15, 0.2) is 36.5 Å². The molecular weight excluding hydrogens is 472 g/mol. The molecule has 10 heteroatoms. The zero-order chi connectivity index (χ0) is 24.9. The van der Waals surface area contributed by atoms with Gasteiger partial charge in [-0.3, -0.25) is 9.69 Å². The molecule has 1 aliphatic rings. The maximum Gasteiger partial charge on any atom is 0.251 e. The van der Waals surface area contributed by atoms with Gasteiger partial charge >= 0.3 is 0 Å². The van der Waals surface area contributed by atoms with Gasteiger partial charge in [0.1, 0.15) is 16.9 Å². The zero-order valence-electron chi connectivity index (χ0n) is 20.0. The molecule has 7 nitrogen and oxygen atoms in total. The minimum absolute atomic E-state index is 0.102. The van der Waals surface area contributed by atoms with Crippen LogP contribution < -0.4 is 10.1 Å². The van der Waals surface area contributed by atoms with Gasteiger partial charge in [-0.1, -0.05) is 0 Å². The number of alkyl halides is 2. The summed E-state index contributed by atoms with van der Waals surface area (Å²) in [6, 6.07) is 8.78. The van der Waals surface area contributed by atoms with Crippen LogP contribution in [0.2, 0.25) is 0 Å². The first kappa shape index (κ1) is 25.1. The van der Waals surface area contributed by atoms with Gasteiger partial charge in [-0.15, -0.1) is 11.3 Å². The summed E-state index contributed by atoms with van der Waals surface area (Å²) in [4.78, 5) is 20.5. The molecule has 0 saturated carbocycles. The molecule has 1 amide bonds. The summed E-state index contributed by atoms with van der Waals surface area (Å²) in [6.07, 6.45) is 0.662. The van der Waals surface area contributed by atoms with E-state index in [-0.39, 0.29) is 24.6 Å². The molecule has 35 heavy (non-hydrogen) atoms. The normalized spacial score (nSPS) is 15.8. The van der Waals surface area contributed by atoms with E-state index in [0.29, 0.717) is 42.9 Å². The van der Waals surface area contributed by atoms with Crippen LogP contribution in [0.25, 0.3) is 10.6 Å². The third-order valence-electron chi connectivity index (χ3n) is 5.88. The fourth-order valence-corrected chi connectivity index (χ4v) is 4.75. The van der Waals surface area contributed by atoms with Crippen molar-refractivity contribution in [3.8, 4) is 16.3 Å². The maximum absolute atomic E-state index is 13.2. The number of hydrogen-bond donors (Lipinski definition) is 1. The van der Waals surface area contributed by atoms with Gasteiger partial charge < -0.3 is 10.1 Å². The molecule has 1 fully saturated rings. The topological polar surface area (TPSA) is 80.2 Å². The Hall–Kier alpha value is -2.98. The first-order chi connectivity index (χ1) is 16.8. The number of nitrogens with zero attached hydrogens (tertiary/aromatic N) is 4. The Morgan fingerprint density at radius 2 is 1.97 bits per heavy atom. The standard InChI is InChI=1S/C25H29F2N5O2S/c1-15-4-5-22(31-30-15)17(3)29-24(33)18-10-19(25-28-13-16(2)35-25)12-21(11-18)34-20-6-8-32(9-7-20)14-23(26)27/h4-5,10-13,17,20,23H,6-9,14H2,1-3H3,(H,29,33). The van der Waals surface area contributed by atoms with Crippen LogP contribution in [-0.4, -0.2) is 58.2 Å². The third kappa shape index (κ3) is 6.79. The number of halogens is 2. The van der Waals surface area contributed by atoms with E-state index in [1.807, 2.05) is 39.0 Å². The molecule has 2 aromatic heterocycles. The van der Waals surface area contributed by atoms with Crippen molar-refractivity contribution in [2.24, 2.45) is 0 Å². The van der Waals surface area contributed by atoms with E-state index < -0.39 is 6.43 Å². The van der Waals surface area contributed by atoms with Crippen molar-refractivity contribution in [2.45, 2.75) is 52.2 Å². The van der Waals surface area contributed by atoms with Crippen LogP contribution in [0.1, 0.15) is 52.4 Å². The Balaban J connectivity index is 1.52. The summed E-state index contributed by atoms with van der Waals surface area (Å²) in [5.41, 5.74) is 2.72. The molecule has 0 spiro atoms. The van der Waals surface area contributed by atoms with Crippen molar-refractivity contribution in [1.29, 1.82) is 0 Å². The Morgan fingerprint density at radius 3 is 2.60 bits per heavy atom. The minimum atomic E-state index is -2.33. The van der Waals surface area contributed by atoms with Gasteiger partial charge in [0.05, 0.1) is 24.0 Å². The highest BCUT2D eigenvalue weighted by atomic mass is 32.1. The molecule has 186 valence electrons. The number of benzene rings is 1. The number of carbonyl (C=O) groups excluding carboxylic acids is 1. The van der Waals surface area contributed by atoms with E-state index in [4.69, 9.17) is 4.74 Å². The summed E-state index contributed by atoms with van der Waals surface area (Å²) in [6.45, 7) is 6.60. The Morgan fingerprint density at radius 1 is 1.20 bits per heavy atom. The number of piperidine rings is 1. The molecule has 4 rings (SSSR count). The largest absolute Gasteiger partial charge is 0.490 e. The van der Waals surface area contributed by atoms with Gasteiger partial charge in [0.25, 0.3) is 12.3 Å². The van der Waals surface area contributed by atoms with Crippen LogP contribution in [-0.2, 0) is 0 Å². The van der Waals surface area contributed by atoms with Gasteiger partial charge in [0.2, 0.25) is 0 Å². The van der Waals surface area contributed by atoms with Crippen molar-refractivity contribution in [2.75, 3.05) is 19.6 Å². The van der Waals surface area contributed by atoms with Gasteiger partial charge in [0.15, 0.2) is 0 Å². The predicted molar refractivity (Wildman–Crippen MR) is 131 cm³/mol. The van der Waals surface area contributed by atoms with E-state index in [1.54, 1.807) is 23.2 Å². The molecule has 1 atom stereocenters. The average Bonchev–Trinajstić information content (AvgIpc) is 3.26. The lowest BCUT2D eigenvalue weighted by molar-refractivity contribution is 0.0478. The molecule has 1 N–H and O–H groups in total. The van der Waals surface area contributed by atoms with E-state index in [9.17, 15) is 13.6 Å². The minimum Gasteiger partial charge on any atom is -0.490 e. The summed E-state index contributed by atoms with van der Waals surface area (Å²) in [5, 5.41) is 12.0. The van der Waals surface area contributed by atoms with Crippen LogP contribution in [0.5, 0.6) is 5.75 Å². The number of ether oxygens (including phenoxy) is 1. The van der Waals surface area contributed by atoms with Crippen LogP contribution in [0.4, 0.5) is 8.78 Å². The number of nitrogens with one attached hydrogen (secondary N) is 1. The molecule has 1 saturated heterocycles. The van der Waals surface area contributed by atoms with E-state index in [2.05, 4.69) is 20.5 Å². The molecule has 3 heterocycles. The summed E-state index contributed by atoms with van der Waals surface area (Å²) in [7, 11) is 0. The Kier molecular flexibility index (Phi) is 8.02. The lowest BCUT2D eigenvalue weighted by Crippen LogP contribution is -2.40. The number of amides is 1. The number of aromatic nitrogens is 3. The van der Waals surface area contributed by atoms with Gasteiger partial charge in [0, 0.05) is 35.3 Å². The summed E-state index contributed by atoms with van der Waals surface area (Å²) < 4.78 is 31.6. The van der Waals surface area contributed by atoms with E-state index in [1.165, 1.54) is 11.3 Å². The van der Waals surface area contributed by atoms with Crippen LogP contribution in [0, 0.1) is 13.8 Å². The van der Waals surface area contributed by atoms with Crippen molar-refractivity contribution < 1.29 is 18.3 Å². The van der Waals surface area contributed by atoms with E-state index in [0.717, 1.165) is 21.1 Å². The van der Waals surface area contributed by atoms with Gasteiger partial charge in [-0.05, 0) is 63.9 Å².